The summed E-state index contributed by atoms with van der Waals surface area (Å²) in [4.78, 5) is 27.8. The van der Waals surface area contributed by atoms with Gasteiger partial charge in [-0.3, -0.25) is 4.79 Å². The van der Waals surface area contributed by atoms with Gasteiger partial charge >= 0.3 is 6.09 Å². The minimum atomic E-state index is -0.379. The molecule has 0 saturated carbocycles. The molecule has 2 aromatic rings. The van der Waals surface area contributed by atoms with Crippen molar-refractivity contribution in [3.63, 3.8) is 0 Å². The first-order valence-corrected chi connectivity index (χ1v) is 10.3. The number of hydrogen-bond donors (Lipinski definition) is 0. The van der Waals surface area contributed by atoms with E-state index >= 15 is 0 Å². The fourth-order valence-corrected chi connectivity index (χ4v) is 4.75. The molecule has 4 heteroatoms. The molecule has 1 amide bonds. The van der Waals surface area contributed by atoms with Crippen molar-refractivity contribution in [1.82, 2.24) is 4.90 Å². The summed E-state index contributed by atoms with van der Waals surface area (Å²) < 4.78 is 5.66. The highest BCUT2D eigenvalue weighted by Crippen LogP contribution is 2.50. The Hall–Kier alpha value is -2.88. The van der Waals surface area contributed by atoms with Crippen LogP contribution in [0.2, 0.25) is 0 Å². The lowest BCUT2D eigenvalue weighted by molar-refractivity contribution is -0.116. The van der Waals surface area contributed by atoms with Crippen LogP contribution in [0.15, 0.2) is 72.3 Å². The quantitative estimate of drug-likeness (QED) is 0.707. The van der Waals surface area contributed by atoms with E-state index in [4.69, 9.17) is 4.74 Å². The lowest BCUT2D eigenvalue weighted by Gasteiger charge is -2.45. The van der Waals surface area contributed by atoms with E-state index in [1.807, 2.05) is 43.3 Å². The number of para-hydroxylation sites is 1. The molecule has 2 heterocycles. The molecule has 2 aliphatic heterocycles. The van der Waals surface area contributed by atoms with Gasteiger partial charge in [-0.1, -0.05) is 68.5 Å². The summed E-state index contributed by atoms with van der Waals surface area (Å²) in [5.74, 6) is 0.725. The number of nitrogens with zero attached hydrogens (tertiary/aromatic N) is 1. The molecular weight excluding hydrogens is 362 g/mol. The first-order valence-electron chi connectivity index (χ1n) is 10.3. The van der Waals surface area contributed by atoms with Crippen LogP contribution in [0.4, 0.5) is 4.79 Å². The Balaban J connectivity index is 1.72. The summed E-state index contributed by atoms with van der Waals surface area (Å²) in [6.07, 6.45) is 3.93. The summed E-state index contributed by atoms with van der Waals surface area (Å²) in [6, 6.07) is 19.2. The third-order valence-corrected chi connectivity index (χ3v) is 6.34. The topological polar surface area (TPSA) is 46.6 Å². The van der Waals surface area contributed by atoms with Crippen LogP contribution in [0.3, 0.4) is 0 Å². The number of rotatable bonds is 4. The number of piperidine rings is 1. The van der Waals surface area contributed by atoms with Crippen molar-refractivity contribution >= 4 is 11.9 Å². The number of ketones is 1. The first-order chi connectivity index (χ1) is 14.0. The molecular formula is C25H27NO3. The van der Waals surface area contributed by atoms with Crippen LogP contribution in [-0.2, 0) is 4.79 Å². The standard InChI is InChI=1S/C25H27NO3/c1-3-23(27)20-16-21(18-10-6-4-7-11-18)25(2)15-14-22(20)26(17-25)24(28)29-19-12-8-5-9-13-19/h4-13,16,21-22H,3,14-15,17H2,1-2H3/t21-,22?,25?/m1/s1. The van der Waals surface area contributed by atoms with Gasteiger partial charge in [-0.05, 0) is 36.0 Å². The third-order valence-electron chi connectivity index (χ3n) is 6.34. The fourth-order valence-electron chi connectivity index (χ4n) is 4.75. The van der Waals surface area contributed by atoms with Crippen molar-refractivity contribution in [2.45, 2.75) is 45.1 Å². The number of carbonyl (C=O) groups is 2. The molecule has 0 aromatic heterocycles. The summed E-state index contributed by atoms with van der Waals surface area (Å²) >= 11 is 0. The smallest absolute Gasteiger partial charge is 0.410 e. The van der Waals surface area contributed by atoms with Gasteiger partial charge < -0.3 is 9.64 Å². The highest BCUT2D eigenvalue weighted by atomic mass is 16.6. The lowest BCUT2D eigenvalue weighted by Crippen LogP contribution is -2.52. The van der Waals surface area contributed by atoms with Gasteiger partial charge in [0.25, 0.3) is 0 Å². The Morgan fingerprint density at radius 2 is 1.72 bits per heavy atom. The van der Waals surface area contributed by atoms with Crippen LogP contribution < -0.4 is 4.74 Å². The predicted molar refractivity (Wildman–Crippen MR) is 113 cm³/mol. The molecule has 5 rings (SSSR count). The number of carbonyl (C=O) groups excluding carboxylic acids is 2. The number of hydrogen-bond acceptors (Lipinski definition) is 3. The number of ether oxygens (including phenoxy) is 1. The summed E-state index contributed by atoms with van der Waals surface area (Å²) in [7, 11) is 0. The highest BCUT2D eigenvalue weighted by Gasteiger charge is 2.48. The van der Waals surface area contributed by atoms with Crippen molar-refractivity contribution in [3.05, 3.63) is 77.9 Å². The molecule has 4 nitrogen and oxygen atoms in total. The lowest BCUT2D eigenvalue weighted by atomic mass is 9.69. The Labute approximate surface area is 172 Å². The van der Waals surface area contributed by atoms with E-state index in [1.54, 1.807) is 17.0 Å². The van der Waals surface area contributed by atoms with Crippen LogP contribution in [-0.4, -0.2) is 29.4 Å². The van der Waals surface area contributed by atoms with Crippen LogP contribution in [0.25, 0.3) is 0 Å². The van der Waals surface area contributed by atoms with Crippen molar-refractivity contribution in [1.29, 1.82) is 0 Å². The van der Waals surface area contributed by atoms with E-state index in [9.17, 15) is 9.59 Å². The summed E-state index contributed by atoms with van der Waals surface area (Å²) in [6.45, 7) is 4.67. The van der Waals surface area contributed by atoms with E-state index in [0.717, 1.165) is 18.4 Å². The second kappa shape index (κ2) is 7.86. The number of benzene rings is 2. The second-order valence-electron chi connectivity index (χ2n) is 8.30. The Kier molecular flexibility index (Phi) is 5.27. The zero-order chi connectivity index (χ0) is 20.4. The Morgan fingerprint density at radius 3 is 2.38 bits per heavy atom. The summed E-state index contributed by atoms with van der Waals surface area (Å²) in [5.41, 5.74) is 1.80. The van der Waals surface area contributed by atoms with E-state index < -0.39 is 0 Å². The van der Waals surface area contributed by atoms with E-state index in [2.05, 4.69) is 25.1 Å². The molecule has 0 spiro atoms. The van der Waals surface area contributed by atoms with E-state index in [1.165, 1.54) is 5.56 Å². The molecule has 1 saturated heterocycles. The molecule has 150 valence electrons. The fraction of sp³-hybridized carbons (Fsp3) is 0.360. The van der Waals surface area contributed by atoms with Crippen LogP contribution >= 0.6 is 0 Å². The molecule has 1 aliphatic carbocycles. The van der Waals surface area contributed by atoms with E-state index in [0.29, 0.717) is 18.7 Å². The molecule has 2 unspecified atom stereocenters. The van der Waals surface area contributed by atoms with Crippen molar-refractivity contribution in [2.24, 2.45) is 5.41 Å². The molecule has 0 N–H and O–H groups in total. The molecule has 0 radical (unpaired) electrons. The predicted octanol–water partition coefficient (Wildman–Crippen LogP) is 5.36. The van der Waals surface area contributed by atoms with Crippen molar-refractivity contribution in [3.8, 4) is 5.75 Å². The number of allylic oxidation sites excluding steroid dienone is 1. The molecule has 3 aliphatic rings. The summed E-state index contributed by atoms with van der Waals surface area (Å²) in [5, 5.41) is 0. The zero-order valence-electron chi connectivity index (χ0n) is 17.0. The van der Waals surface area contributed by atoms with Gasteiger partial charge in [0.1, 0.15) is 5.75 Å². The third kappa shape index (κ3) is 3.71. The highest BCUT2D eigenvalue weighted by molar-refractivity contribution is 5.97. The normalized spacial score (nSPS) is 25.9. The number of amides is 1. The SMILES string of the molecule is CCC(=O)C1=C[C@H](c2ccccc2)C2(C)CCC1N(C(=O)Oc1ccccc1)C2. The maximum Gasteiger partial charge on any atom is 0.415 e. The maximum atomic E-state index is 13.1. The van der Waals surface area contributed by atoms with Crippen LogP contribution in [0.1, 0.15) is 44.6 Å². The van der Waals surface area contributed by atoms with Crippen molar-refractivity contribution < 1.29 is 14.3 Å². The van der Waals surface area contributed by atoms with Crippen molar-refractivity contribution in [2.75, 3.05) is 6.54 Å². The molecule has 2 aromatic carbocycles. The van der Waals surface area contributed by atoms with Gasteiger partial charge in [0, 0.05) is 24.5 Å². The molecule has 1 fully saturated rings. The number of fused-ring (bicyclic) bond motifs is 3. The Morgan fingerprint density at radius 1 is 1.07 bits per heavy atom. The molecule has 29 heavy (non-hydrogen) atoms. The average Bonchev–Trinajstić information content (AvgIpc) is 2.98. The average molecular weight is 389 g/mol. The maximum absolute atomic E-state index is 13.1. The van der Waals surface area contributed by atoms with Crippen LogP contribution in [0, 0.1) is 5.41 Å². The monoisotopic (exact) mass is 389 g/mol. The van der Waals surface area contributed by atoms with Gasteiger partial charge in [-0.25, -0.2) is 4.79 Å². The largest absolute Gasteiger partial charge is 0.415 e. The second-order valence-corrected chi connectivity index (χ2v) is 8.30. The number of Topliss-reactive ketones (excluding diaryl/α,β-unsaturated/α-hetero) is 1. The minimum absolute atomic E-state index is 0.0914. The Bertz CT molecular complexity index is 922. The zero-order valence-corrected chi connectivity index (χ0v) is 17.0. The molecule has 3 atom stereocenters. The van der Waals surface area contributed by atoms with E-state index in [-0.39, 0.29) is 29.3 Å². The minimum Gasteiger partial charge on any atom is -0.410 e. The van der Waals surface area contributed by atoms with Gasteiger partial charge in [-0.15, -0.1) is 0 Å². The van der Waals surface area contributed by atoms with Crippen LogP contribution in [0.5, 0.6) is 5.75 Å². The van der Waals surface area contributed by atoms with Gasteiger partial charge in [-0.2, -0.15) is 0 Å². The van der Waals surface area contributed by atoms with Gasteiger partial charge in [0.05, 0.1) is 6.04 Å². The van der Waals surface area contributed by atoms with Gasteiger partial charge in [0.15, 0.2) is 5.78 Å². The first kappa shape index (κ1) is 19.4. The molecule has 2 bridgehead atoms. The van der Waals surface area contributed by atoms with Gasteiger partial charge in [0.2, 0.25) is 0 Å².